The van der Waals surface area contributed by atoms with Crippen molar-refractivity contribution in [3.63, 3.8) is 0 Å². The molecular weight excluding hydrogens is 264 g/mol. The number of allylic oxidation sites excluding steroid dienone is 1. The zero-order valence-electron chi connectivity index (χ0n) is 13.3. The van der Waals surface area contributed by atoms with Gasteiger partial charge in [-0.1, -0.05) is 44.9 Å². The number of benzene rings is 1. The number of unbranched alkanes of at least 4 members (excludes halogenated alkanes) is 1. The van der Waals surface area contributed by atoms with Gasteiger partial charge < -0.3 is 9.47 Å². The zero-order chi connectivity index (χ0) is 15.5. The van der Waals surface area contributed by atoms with Gasteiger partial charge in [-0.05, 0) is 36.1 Å². The third kappa shape index (κ3) is 7.66. The number of hydrogen-bond donors (Lipinski definition) is 0. The SMILES string of the molecule is CCCC[C@@H](C)/C=C/C(=O)COCc1ccc(OC)cc1. The lowest BCUT2D eigenvalue weighted by Gasteiger charge is -2.05. The van der Waals surface area contributed by atoms with Crippen LogP contribution in [0.15, 0.2) is 36.4 Å². The van der Waals surface area contributed by atoms with Crippen molar-refractivity contribution in [2.24, 2.45) is 5.92 Å². The van der Waals surface area contributed by atoms with E-state index >= 15 is 0 Å². The predicted molar refractivity (Wildman–Crippen MR) is 85.5 cm³/mol. The third-order valence-corrected chi connectivity index (χ3v) is 3.30. The van der Waals surface area contributed by atoms with Gasteiger partial charge in [0.15, 0.2) is 5.78 Å². The van der Waals surface area contributed by atoms with Crippen LogP contribution >= 0.6 is 0 Å². The Bertz CT molecular complexity index is 434. The fourth-order valence-corrected chi connectivity index (χ4v) is 1.93. The summed E-state index contributed by atoms with van der Waals surface area (Å²) in [6.07, 6.45) is 7.15. The van der Waals surface area contributed by atoms with Crippen LogP contribution < -0.4 is 4.74 Å². The summed E-state index contributed by atoms with van der Waals surface area (Å²) in [5.41, 5.74) is 1.03. The maximum atomic E-state index is 11.7. The quantitative estimate of drug-likeness (QED) is 0.607. The summed E-state index contributed by atoms with van der Waals surface area (Å²) in [4.78, 5) is 11.7. The molecule has 0 unspecified atom stereocenters. The van der Waals surface area contributed by atoms with Crippen molar-refractivity contribution in [1.82, 2.24) is 0 Å². The minimum atomic E-state index is 0.0202. The molecular formula is C18H26O3. The minimum absolute atomic E-state index is 0.0202. The summed E-state index contributed by atoms with van der Waals surface area (Å²) < 4.78 is 10.5. The van der Waals surface area contributed by atoms with E-state index in [0.717, 1.165) is 17.7 Å². The molecule has 0 aliphatic rings. The van der Waals surface area contributed by atoms with Gasteiger partial charge in [0.05, 0.1) is 13.7 Å². The van der Waals surface area contributed by atoms with Crippen molar-refractivity contribution in [3.8, 4) is 5.75 Å². The summed E-state index contributed by atoms with van der Waals surface area (Å²) in [6.45, 7) is 4.88. The van der Waals surface area contributed by atoms with Gasteiger partial charge >= 0.3 is 0 Å². The van der Waals surface area contributed by atoms with Crippen molar-refractivity contribution in [2.75, 3.05) is 13.7 Å². The molecule has 3 heteroatoms. The highest BCUT2D eigenvalue weighted by Crippen LogP contribution is 2.12. The summed E-state index contributed by atoms with van der Waals surface area (Å²) in [6, 6.07) is 7.64. The number of hydrogen-bond acceptors (Lipinski definition) is 3. The summed E-state index contributed by atoms with van der Waals surface area (Å²) in [5.74, 6) is 1.29. The molecule has 0 bridgehead atoms. The zero-order valence-corrected chi connectivity index (χ0v) is 13.3. The monoisotopic (exact) mass is 290 g/mol. The van der Waals surface area contributed by atoms with Crippen LogP contribution in [0, 0.1) is 5.92 Å². The highest BCUT2D eigenvalue weighted by molar-refractivity contribution is 5.90. The fraction of sp³-hybridized carbons (Fsp3) is 0.500. The topological polar surface area (TPSA) is 35.5 Å². The van der Waals surface area contributed by atoms with E-state index in [4.69, 9.17) is 9.47 Å². The number of rotatable bonds is 10. The molecule has 0 fully saturated rings. The molecule has 0 N–H and O–H groups in total. The van der Waals surface area contributed by atoms with Crippen LogP contribution in [0.4, 0.5) is 0 Å². The molecule has 0 saturated heterocycles. The smallest absolute Gasteiger partial charge is 0.180 e. The number of carbonyl (C=O) groups excluding carboxylic acids is 1. The van der Waals surface area contributed by atoms with E-state index in [-0.39, 0.29) is 12.4 Å². The van der Waals surface area contributed by atoms with Crippen LogP contribution in [0.2, 0.25) is 0 Å². The minimum Gasteiger partial charge on any atom is -0.497 e. The lowest BCUT2D eigenvalue weighted by atomic mass is 10.0. The van der Waals surface area contributed by atoms with Crippen molar-refractivity contribution in [1.29, 1.82) is 0 Å². The molecule has 116 valence electrons. The van der Waals surface area contributed by atoms with Gasteiger partial charge in [-0.15, -0.1) is 0 Å². The van der Waals surface area contributed by atoms with Crippen LogP contribution in [-0.2, 0) is 16.1 Å². The van der Waals surface area contributed by atoms with Gasteiger partial charge in [0.2, 0.25) is 0 Å². The van der Waals surface area contributed by atoms with Crippen molar-refractivity contribution in [2.45, 2.75) is 39.7 Å². The van der Waals surface area contributed by atoms with E-state index in [1.807, 2.05) is 30.3 Å². The van der Waals surface area contributed by atoms with Gasteiger partial charge in [0, 0.05) is 0 Å². The summed E-state index contributed by atoms with van der Waals surface area (Å²) >= 11 is 0. The Hall–Kier alpha value is -1.61. The summed E-state index contributed by atoms with van der Waals surface area (Å²) in [5, 5.41) is 0. The summed E-state index contributed by atoms with van der Waals surface area (Å²) in [7, 11) is 1.64. The molecule has 0 aliphatic heterocycles. The normalized spacial score (nSPS) is 12.5. The number of carbonyl (C=O) groups is 1. The highest BCUT2D eigenvalue weighted by atomic mass is 16.5. The van der Waals surface area contributed by atoms with E-state index in [1.54, 1.807) is 13.2 Å². The van der Waals surface area contributed by atoms with Gasteiger partial charge in [-0.3, -0.25) is 4.79 Å². The van der Waals surface area contributed by atoms with E-state index in [9.17, 15) is 4.79 Å². The average Bonchev–Trinajstić information content (AvgIpc) is 2.51. The van der Waals surface area contributed by atoms with Crippen LogP contribution in [0.25, 0.3) is 0 Å². The first kappa shape index (κ1) is 17.4. The predicted octanol–water partition coefficient (Wildman–Crippen LogP) is 4.16. The standard InChI is InChI=1S/C18H26O3/c1-4-5-6-15(2)7-10-17(19)14-21-13-16-8-11-18(20-3)12-9-16/h7-12,15H,4-6,13-14H2,1-3H3/b10-7+/t15-/m1/s1. The van der Waals surface area contributed by atoms with Crippen LogP contribution in [-0.4, -0.2) is 19.5 Å². The van der Waals surface area contributed by atoms with Crippen LogP contribution in [0.3, 0.4) is 0 Å². The van der Waals surface area contributed by atoms with Gasteiger partial charge in [-0.25, -0.2) is 0 Å². The Morgan fingerprint density at radius 3 is 2.62 bits per heavy atom. The van der Waals surface area contributed by atoms with E-state index in [0.29, 0.717) is 12.5 Å². The number of ether oxygens (including phenoxy) is 2. The van der Waals surface area contributed by atoms with Crippen molar-refractivity contribution >= 4 is 5.78 Å². The Morgan fingerprint density at radius 1 is 1.29 bits per heavy atom. The molecule has 1 aromatic carbocycles. The molecule has 0 amide bonds. The van der Waals surface area contributed by atoms with Crippen LogP contribution in [0.1, 0.15) is 38.7 Å². The first-order valence-corrected chi connectivity index (χ1v) is 7.57. The van der Waals surface area contributed by atoms with Gasteiger partial charge in [0.25, 0.3) is 0 Å². The molecule has 0 saturated carbocycles. The molecule has 0 spiro atoms. The Morgan fingerprint density at radius 2 is 2.00 bits per heavy atom. The molecule has 0 aliphatic carbocycles. The molecule has 1 rings (SSSR count). The van der Waals surface area contributed by atoms with E-state index in [1.165, 1.54) is 12.8 Å². The first-order chi connectivity index (χ1) is 10.2. The largest absolute Gasteiger partial charge is 0.497 e. The Labute approximate surface area is 128 Å². The fourth-order valence-electron chi connectivity index (χ4n) is 1.93. The second-order valence-electron chi connectivity index (χ2n) is 5.29. The highest BCUT2D eigenvalue weighted by Gasteiger charge is 2.01. The van der Waals surface area contributed by atoms with Crippen molar-refractivity contribution in [3.05, 3.63) is 42.0 Å². The maximum Gasteiger partial charge on any atom is 0.180 e. The lowest BCUT2D eigenvalue weighted by molar-refractivity contribution is -0.119. The van der Waals surface area contributed by atoms with Gasteiger partial charge in [-0.2, -0.15) is 0 Å². The maximum absolute atomic E-state index is 11.7. The van der Waals surface area contributed by atoms with Crippen LogP contribution in [0.5, 0.6) is 5.75 Å². The number of ketones is 1. The molecule has 0 radical (unpaired) electrons. The molecule has 21 heavy (non-hydrogen) atoms. The van der Waals surface area contributed by atoms with E-state index in [2.05, 4.69) is 13.8 Å². The average molecular weight is 290 g/mol. The Balaban J connectivity index is 2.24. The Kier molecular flexibility index (Phi) is 8.44. The molecule has 0 aromatic heterocycles. The van der Waals surface area contributed by atoms with Crippen molar-refractivity contribution < 1.29 is 14.3 Å². The second-order valence-corrected chi connectivity index (χ2v) is 5.29. The number of methoxy groups -OCH3 is 1. The molecule has 1 aromatic rings. The van der Waals surface area contributed by atoms with E-state index < -0.39 is 0 Å². The lowest BCUT2D eigenvalue weighted by Crippen LogP contribution is -2.06. The van der Waals surface area contributed by atoms with Gasteiger partial charge in [0.1, 0.15) is 12.4 Å². The molecule has 3 nitrogen and oxygen atoms in total. The second kappa shape index (κ2) is 10.2. The third-order valence-electron chi connectivity index (χ3n) is 3.30. The molecule has 1 atom stereocenters. The first-order valence-electron chi connectivity index (χ1n) is 7.57. The molecule has 0 heterocycles.